The van der Waals surface area contributed by atoms with Gasteiger partial charge in [-0.1, -0.05) is 19.1 Å². The number of hydrogen-bond acceptors (Lipinski definition) is 4. The molecule has 2 atom stereocenters. The van der Waals surface area contributed by atoms with Crippen molar-refractivity contribution in [3.05, 3.63) is 35.4 Å². The summed E-state index contributed by atoms with van der Waals surface area (Å²) in [5, 5.41) is 9.90. The summed E-state index contributed by atoms with van der Waals surface area (Å²) in [6, 6.07) is 6.89. The first-order valence-corrected chi connectivity index (χ1v) is 6.93. The topological polar surface area (TPSA) is 60.9 Å². The van der Waals surface area contributed by atoms with E-state index in [2.05, 4.69) is 0 Å². The Balaban J connectivity index is 1.74. The average molecular weight is 274 g/mol. The van der Waals surface area contributed by atoms with E-state index in [0.717, 1.165) is 13.0 Å². The number of imide groups is 1. The number of likely N-dealkylation sites (tertiary alicyclic amines) is 1. The molecule has 1 aromatic rings. The van der Waals surface area contributed by atoms with Gasteiger partial charge in [0.25, 0.3) is 11.8 Å². The van der Waals surface area contributed by atoms with Crippen LogP contribution in [0.3, 0.4) is 0 Å². The molecule has 2 amide bonds. The van der Waals surface area contributed by atoms with Gasteiger partial charge >= 0.3 is 0 Å². The van der Waals surface area contributed by atoms with Gasteiger partial charge in [0.2, 0.25) is 0 Å². The van der Waals surface area contributed by atoms with E-state index < -0.39 is 0 Å². The molecule has 5 nitrogen and oxygen atoms in total. The molecule has 3 rings (SSSR count). The molecule has 0 aliphatic carbocycles. The fourth-order valence-corrected chi connectivity index (χ4v) is 2.81. The Labute approximate surface area is 117 Å². The van der Waals surface area contributed by atoms with E-state index in [1.807, 2.05) is 11.8 Å². The van der Waals surface area contributed by atoms with E-state index in [0.29, 0.717) is 17.7 Å². The molecule has 5 heteroatoms. The standard InChI is InChI=1S/C15H18N2O3/c1-10-6-7-16(8-13(10)18)9-17-14(19)11-4-2-3-5-12(11)15(17)20/h2-5,10,13,18H,6-9H2,1H3. The average Bonchev–Trinajstić information content (AvgIpc) is 2.69. The van der Waals surface area contributed by atoms with Crippen LogP contribution in [0.2, 0.25) is 0 Å². The molecule has 0 saturated carbocycles. The number of aliphatic hydroxyl groups is 1. The minimum atomic E-state index is -0.390. The number of carbonyl (C=O) groups is 2. The van der Waals surface area contributed by atoms with Crippen molar-refractivity contribution in [2.24, 2.45) is 5.92 Å². The van der Waals surface area contributed by atoms with Crippen LogP contribution in [-0.2, 0) is 0 Å². The summed E-state index contributed by atoms with van der Waals surface area (Å²) in [4.78, 5) is 27.7. The van der Waals surface area contributed by atoms with Crippen molar-refractivity contribution in [2.45, 2.75) is 19.4 Å². The molecular formula is C15H18N2O3. The van der Waals surface area contributed by atoms with Gasteiger partial charge in [-0.3, -0.25) is 19.4 Å². The molecule has 2 aliphatic heterocycles. The minimum Gasteiger partial charge on any atom is -0.392 e. The van der Waals surface area contributed by atoms with Crippen molar-refractivity contribution < 1.29 is 14.7 Å². The van der Waals surface area contributed by atoms with Gasteiger partial charge in [0, 0.05) is 13.1 Å². The number of nitrogens with zero attached hydrogens (tertiary/aromatic N) is 2. The largest absolute Gasteiger partial charge is 0.392 e. The highest BCUT2D eigenvalue weighted by atomic mass is 16.3. The molecule has 0 aromatic heterocycles. The van der Waals surface area contributed by atoms with Crippen LogP contribution < -0.4 is 0 Å². The van der Waals surface area contributed by atoms with Gasteiger partial charge in [-0.05, 0) is 24.5 Å². The fourth-order valence-electron chi connectivity index (χ4n) is 2.81. The van der Waals surface area contributed by atoms with E-state index in [9.17, 15) is 14.7 Å². The summed E-state index contributed by atoms with van der Waals surface area (Å²) in [5.41, 5.74) is 0.951. The lowest BCUT2D eigenvalue weighted by atomic mass is 9.96. The van der Waals surface area contributed by atoms with Crippen LogP contribution in [0.1, 0.15) is 34.1 Å². The number of rotatable bonds is 2. The fraction of sp³-hybridized carbons (Fsp3) is 0.467. The van der Waals surface area contributed by atoms with Crippen LogP contribution in [-0.4, -0.2) is 52.6 Å². The van der Waals surface area contributed by atoms with Crippen molar-refractivity contribution in [2.75, 3.05) is 19.8 Å². The molecule has 2 unspecified atom stereocenters. The molecule has 1 aromatic carbocycles. The lowest BCUT2D eigenvalue weighted by molar-refractivity contribution is 0.00740. The first-order chi connectivity index (χ1) is 9.58. The highest BCUT2D eigenvalue weighted by Crippen LogP contribution is 2.24. The number of carbonyl (C=O) groups excluding carboxylic acids is 2. The second kappa shape index (κ2) is 5.00. The second-order valence-corrected chi connectivity index (χ2v) is 5.64. The van der Waals surface area contributed by atoms with Crippen LogP contribution in [0.4, 0.5) is 0 Å². The van der Waals surface area contributed by atoms with Crippen molar-refractivity contribution in [1.29, 1.82) is 0 Å². The number of benzene rings is 1. The molecule has 2 heterocycles. The molecule has 0 bridgehead atoms. The van der Waals surface area contributed by atoms with E-state index >= 15 is 0 Å². The Bertz CT molecular complexity index is 523. The highest BCUT2D eigenvalue weighted by Gasteiger charge is 2.37. The van der Waals surface area contributed by atoms with Gasteiger partial charge in [-0.25, -0.2) is 0 Å². The first kappa shape index (κ1) is 13.3. The van der Waals surface area contributed by atoms with Gasteiger partial charge in [0.15, 0.2) is 0 Å². The van der Waals surface area contributed by atoms with Crippen LogP contribution in [0.25, 0.3) is 0 Å². The number of aliphatic hydroxyl groups excluding tert-OH is 1. The van der Waals surface area contributed by atoms with E-state index in [1.54, 1.807) is 24.3 Å². The van der Waals surface area contributed by atoms with Crippen LogP contribution in [0.5, 0.6) is 0 Å². The van der Waals surface area contributed by atoms with E-state index in [1.165, 1.54) is 4.90 Å². The first-order valence-electron chi connectivity index (χ1n) is 6.93. The molecule has 0 spiro atoms. The maximum Gasteiger partial charge on any atom is 0.262 e. The smallest absolute Gasteiger partial charge is 0.262 e. The monoisotopic (exact) mass is 274 g/mol. The Hall–Kier alpha value is -1.72. The van der Waals surface area contributed by atoms with E-state index in [-0.39, 0.29) is 30.5 Å². The predicted octanol–water partition coefficient (Wildman–Crippen LogP) is 0.943. The lowest BCUT2D eigenvalue weighted by Crippen LogP contribution is -2.49. The van der Waals surface area contributed by atoms with Crippen molar-refractivity contribution >= 4 is 11.8 Å². The van der Waals surface area contributed by atoms with Gasteiger partial charge in [0.05, 0.1) is 23.9 Å². The Morgan fingerprint density at radius 2 is 1.80 bits per heavy atom. The molecular weight excluding hydrogens is 256 g/mol. The van der Waals surface area contributed by atoms with Crippen molar-refractivity contribution in [1.82, 2.24) is 9.80 Å². The van der Waals surface area contributed by atoms with Crippen LogP contribution >= 0.6 is 0 Å². The maximum absolute atomic E-state index is 12.2. The molecule has 1 fully saturated rings. The van der Waals surface area contributed by atoms with Gasteiger partial charge < -0.3 is 5.11 Å². The van der Waals surface area contributed by atoms with Gasteiger partial charge in [-0.2, -0.15) is 0 Å². The van der Waals surface area contributed by atoms with Crippen molar-refractivity contribution in [3.8, 4) is 0 Å². The minimum absolute atomic E-state index is 0.237. The molecule has 2 aliphatic rings. The normalized spacial score (nSPS) is 27.0. The zero-order valence-electron chi connectivity index (χ0n) is 11.5. The summed E-state index contributed by atoms with van der Waals surface area (Å²) in [6.07, 6.45) is 0.489. The van der Waals surface area contributed by atoms with Gasteiger partial charge in [-0.15, -0.1) is 0 Å². The molecule has 106 valence electrons. The van der Waals surface area contributed by atoms with Crippen molar-refractivity contribution in [3.63, 3.8) is 0 Å². The second-order valence-electron chi connectivity index (χ2n) is 5.64. The molecule has 0 radical (unpaired) electrons. The third kappa shape index (κ3) is 2.13. The predicted molar refractivity (Wildman–Crippen MR) is 73.2 cm³/mol. The maximum atomic E-state index is 12.2. The summed E-state index contributed by atoms with van der Waals surface area (Å²) < 4.78 is 0. The SMILES string of the molecule is CC1CCN(CN2C(=O)c3ccccc3C2=O)CC1O. The third-order valence-electron chi connectivity index (χ3n) is 4.22. The zero-order valence-corrected chi connectivity index (χ0v) is 11.5. The summed E-state index contributed by atoms with van der Waals surface area (Å²) in [6.45, 7) is 3.58. The zero-order chi connectivity index (χ0) is 14.3. The molecule has 20 heavy (non-hydrogen) atoms. The Morgan fingerprint density at radius 3 is 2.35 bits per heavy atom. The molecule has 1 N–H and O–H groups in total. The highest BCUT2D eigenvalue weighted by molar-refractivity contribution is 6.21. The number of amides is 2. The van der Waals surface area contributed by atoms with Gasteiger partial charge in [0.1, 0.15) is 0 Å². The number of fused-ring (bicyclic) bond motifs is 1. The third-order valence-corrected chi connectivity index (χ3v) is 4.22. The quantitative estimate of drug-likeness (QED) is 0.815. The van der Waals surface area contributed by atoms with E-state index in [4.69, 9.17) is 0 Å². The number of piperidine rings is 1. The summed E-state index contributed by atoms with van der Waals surface area (Å²) >= 11 is 0. The van der Waals surface area contributed by atoms with Crippen LogP contribution in [0.15, 0.2) is 24.3 Å². The summed E-state index contributed by atoms with van der Waals surface area (Å²) in [5.74, 6) is -0.203. The van der Waals surface area contributed by atoms with Crippen LogP contribution in [0, 0.1) is 5.92 Å². The number of hydrogen-bond donors (Lipinski definition) is 1. The lowest BCUT2D eigenvalue weighted by Gasteiger charge is -2.35. The molecule has 1 saturated heterocycles. The summed E-state index contributed by atoms with van der Waals surface area (Å²) in [7, 11) is 0. The number of β-amino-alcohol motifs (C(OH)–C–C–N with tert-alkyl or cyclic N) is 1. The Morgan fingerprint density at radius 1 is 1.20 bits per heavy atom. The Kier molecular flexibility index (Phi) is 3.31.